The number of rotatable bonds is 4. The van der Waals surface area contributed by atoms with Crippen molar-refractivity contribution in [1.29, 1.82) is 0 Å². The molecule has 0 aliphatic carbocycles. The summed E-state index contributed by atoms with van der Waals surface area (Å²) >= 11 is 0. The summed E-state index contributed by atoms with van der Waals surface area (Å²) in [5.74, 6) is 2.47. The number of hydrogen-bond acceptors (Lipinski definition) is 5. The number of nitrogens with one attached hydrogen (secondary N) is 1. The lowest BCUT2D eigenvalue weighted by Crippen LogP contribution is -1.93. The zero-order valence-corrected chi connectivity index (χ0v) is 12.9. The molecular weight excluding hydrogens is 284 g/mol. The lowest BCUT2D eigenvalue weighted by Gasteiger charge is -2.11. The van der Waals surface area contributed by atoms with Gasteiger partial charge in [-0.25, -0.2) is 0 Å². The van der Waals surface area contributed by atoms with E-state index in [1.807, 2.05) is 12.1 Å². The van der Waals surface area contributed by atoms with Gasteiger partial charge in [-0.15, -0.1) is 0 Å². The van der Waals surface area contributed by atoms with Gasteiger partial charge in [0.2, 0.25) is 0 Å². The van der Waals surface area contributed by atoms with Gasteiger partial charge < -0.3 is 29.7 Å². The van der Waals surface area contributed by atoms with Gasteiger partial charge in [0.05, 0.1) is 50.5 Å². The SMILES string of the molecule is COc1cc(OC)c2c([nH]c3c(OC)c(N)ccc32)c1OC. The number of anilines is 1. The fourth-order valence-corrected chi connectivity index (χ4v) is 2.79. The average Bonchev–Trinajstić information content (AvgIpc) is 2.92. The molecule has 0 radical (unpaired) electrons. The van der Waals surface area contributed by atoms with Crippen LogP contribution in [0.3, 0.4) is 0 Å². The molecule has 0 aliphatic heterocycles. The average molecular weight is 302 g/mol. The van der Waals surface area contributed by atoms with Crippen LogP contribution in [0.1, 0.15) is 0 Å². The van der Waals surface area contributed by atoms with Crippen molar-refractivity contribution >= 4 is 27.5 Å². The van der Waals surface area contributed by atoms with E-state index >= 15 is 0 Å². The van der Waals surface area contributed by atoms with Gasteiger partial charge in [-0.1, -0.05) is 0 Å². The zero-order chi connectivity index (χ0) is 15.9. The monoisotopic (exact) mass is 302 g/mol. The number of aromatic amines is 1. The third kappa shape index (κ3) is 1.80. The first-order valence-electron chi connectivity index (χ1n) is 6.73. The molecule has 2 aromatic carbocycles. The van der Waals surface area contributed by atoms with Crippen LogP contribution in [-0.2, 0) is 0 Å². The van der Waals surface area contributed by atoms with Crippen LogP contribution < -0.4 is 24.7 Å². The molecule has 3 aromatic rings. The van der Waals surface area contributed by atoms with E-state index in [9.17, 15) is 0 Å². The standard InChI is InChI=1S/C16H18N2O4/c1-19-10-7-11(20-2)16(22-4)14-12(10)8-5-6-9(17)15(21-3)13(8)18-14/h5-7,18H,17H2,1-4H3. The van der Waals surface area contributed by atoms with Crippen molar-refractivity contribution < 1.29 is 18.9 Å². The maximum Gasteiger partial charge on any atom is 0.185 e. The Labute approximate surface area is 127 Å². The second-order valence-corrected chi connectivity index (χ2v) is 4.80. The highest BCUT2D eigenvalue weighted by molar-refractivity contribution is 6.15. The van der Waals surface area contributed by atoms with Gasteiger partial charge in [0, 0.05) is 11.5 Å². The van der Waals surface area contributed by atoms with Crippen molar-refractivity contribution in [3.63, 3.8) is 0 Å². The summed E-state index contributed by atoms with van der Waals surface area (Å²) in [6, 6.07) is 5.54. The molecule has 0 spiro atoms. The summed E-state index contributed by atoms with van der Waals surface area (Å²) in [6.45, 7) is 0. The highest BCUT2D eigenvalue weighted by Crippen LogP contribution is 2.46. The van der Waals surface area contributed by atoms with E-state index in [0.29, 0.717) is 28.7 Å². The van der Waals surface area contributed by atoms with E-state index in [1.54, 1.807) is 34.5 Å². The Kier molecular flexibility index (Phi) is 3.36. The molecule has 3 N–H and O–H groups in total. The Morgan fingerprint density at radius 1 is 0.818 bits per heavy atom. The third-order valence-electron chi connectivity index (χ3n) is 3.77. The molecule has 6 nitrogen and oxygen atoms in total. The van der Waals surface area contributed by atoms with Crippen molar-refractivity contribution in [2.75, 3.05) is 34.2 Å². The molecule has 1 heterocycles. The highest BCUT2D eigenvalue weighted by Gasteiger charge is 2.21. The van der Waals surface area contributed by atoms with Gasteiger partial charge in [0.25, 0.3) is 0 Å². The molecule has 1 aromatic heterocycles. The zero-order valence-electron chi connectivity index (χ0n) is 12.9. The third-order valence-corrected chi connectivity index (χ3v) is 3.77. The molecule has 0 amide bonds. The molecule has 22 heavy (non-hydrogen) atoms. The van der Waals surface area contributed by atoms with Crippen LogP contribution in [0.15, 0.2) is 18.2 Å². The van der Waals surface area contributed by atoms with E-state index in [0.717, 1.165) is 21.8 Å². The summed E-state index contributed by atoms with van der Waals surface area (Å²) in [6.07, 6.45) is 0. The van der Waals surface area contributed by atoms with E-state index < -0.39 is 0 Å². The highest BCUT2D eigenvalue weighted by atomic mass is 16.5. The van der Waals surface area contributed by atoms with Crippen molar-refractivity contribution in [3.05, 3.63) is 18.2 Å². The summed E-state index contributed by atoms with van der Waals surface area (Å²) in [5, 5.41) is 1.84. The number of fused-ring (bicyclic) bond motifs is 3. The lowest BCUT2D eigenvalue weighted by atomic mass is 10.1. The summed E-state index contributed by atoms with van der Waals surface area (Å²) in [5.41, 5.74) is 8.11. The van der Waals surface area contributed by atoms with E-state index in [4.69, 9.17) is 24.7 Å². The van der Waals surface area contributed by atoms with Gasteiger partial charge in [-0.3, -0.25) is 0 Å². The van der Waals surface area contributed by atoms with Gasteiger partial charge in [0.1, 0.15) is 5.75 Å². The van der Waals surface area contributed by atoms with Gasteiger partial charge in [0.15, 0.2) is 17.2 Å². The number of H-pyrrole nitrogens is 1. The Hall–Kier alpha value is -2.76. The van der Waals surface area contributed by atoms with E-state index in [2.05, 4.69) is 4.98 Å². The molecule has 0 atom stereocenters. The number of benzene rings is 2. The number of aromatic nitrogens is 1. The normalized spacial score (nSPS) is 10.9. The summed E-state index contributed by atoms with van der Waals surface area (Å²) < 4.78 is 21.8. The van der Waals surface area contributed by atoms with Gasteiger partial charge in [-0.2, -0.15) is 0 Å². The molecule has 3 rings (SSSR count). The fraction of sp³-hybridized carbons (Fsp3) is 0.250. The van der Waals surface area contributed by atoms with Crippen LogP contribution in [0.5, 0.6) is 23.0 Å². The Morgan fingerprint density at radius 2 is 1.50 bits per heavy atom. The van der Waals surface area contributed by atoms with Crippen LogP contribution in [-0.4, -0.2) is 33.4 Å². The lowest BCUT2D eigenvalue weighted by molar-refractivity contribution is 0.353. The molecule has 0 fully saturated rings. The maximum atomic E-state index is 5.98. The molecule has 0 saturated carbocycles. The van der Waals surface area contributed by atoms with Crippen LogP contribution in [0.2, 0.25) is 0 Å². The van der Waals surface area contributed by atoms with Crippen LogP contribution in [0.25, 0.3) is 21.8 Å². The number of hydrogen-bond donors (Lipinski definition) is 2. The van der Waals surface area contributed by atoms with Crippen molar-refractivity contribution in [3.8, 4) is 23.0 Å². The molecule has 0 bridgehead atoms. The first-order chi connectivity index (χ1) is 10.7. The number of nitrogen functional groups attached to an aromatic ring is 1. The second-order valence-electron chi connectivity index (χ2n) is 4.80. The predicted molar refractivity (Wildman–Crippen MR) is 86.4 cm³/mol. The molecule has 0 aliphatic rings. The minimum Gasteiger partial charge on any atom is -0.496 e. The number of methoxy groups -OCH3 is 4. The molecule has 116 valence electrons. The van der Waals surface area contributed by atoms with Gasteiger partial charge in [-0.05, 0) is 12.1 Å². The van der Waals surface area contributed by atoms with E-state index in [-0.39, 0.29) is 0 Å². The molecule has 0 saturated heterocycles. The van der Waals surface area contributed by atoms with E-state index in [1.165, 1.54) is 0 Å². The first-order valence-corrected chi connectivity index (χ1v) is 6.73. The predicted octanol–water partition coefficient (Wildman–Crippen LogP) is 2.94. The molecular formula is C16H18N2O4. The van der Waals surface area contributed by atoms with Gasteiger partial charge >= 0.3 is 0 Å². The fourth-order valence-electron chi connectivity index (χ4n) is 2.79. The van der Waals surface area contributed by atoms with Crippen LogP contribution >= 0.6 is 0 Å². The minimum absolute atomic E-state index is 0.562. The van der Waals surface area contributed by atoms with Crippen molar-refractivity contribution in [2.45, 2.75) is 0 Å². The minimum atomic E-state index is 0.562. The summed E-state index contributed by atoms with van der Waals surface area (Å²) in [4.78, 5) is 3.32. The Morgan fingerprint density at radius 3 is 2.09 bits per heavy atom. The van der Waals surface area contributed by atoms with Crippen LogP contribution in [0.4, 0.5) is 5.69 Å². The maximum absolute atomic E-state index is 5.98. The number of ether oxygens (including phenoxy) is 4. The second kappa shape index (κ2) is 5.22. The Balaban J connectivity index is 2.54. The molecule has 6 heteroatoms. The summed E-state index contributed by atoms with van der Waals surface area (Å²) in [7, 11) is 6.39. The molecule has 0 unspecified atom stereocenters. The number of nitrogens with two attached hydrogens (primary N) is 1. The largest absolute Gasteiger partial charge is 0.496 e. The topological polar surface area (TPSA) is 78.7 Å². The first kappa shape index (κ1) is 14.2. The van der Waals surface area contributed by atoms with Crippen molar-refractivity contribution in [2.24, 2.45) is 0 Å². The van der Waals surface area contributed by atoms with Crippen molar-refractivity contribution in [1.82, 2.24) is 4.98 Å². The Bertz CT molecular complexity index is 855. The quantitative estimate of drug-likeness (QED) is 0.724. The van der Waals surface area contributed by atoms with Crippen LogP contribution in [0, 0.1) is 0 Å². The smallest absolute Gasteiger partial charge is 0.185 e.